The van der Waals surface area contributed by atoms with E-state index in [0.717, 1.165) is 30.5 Å². The summed E-state index contributed by atoms with van der Waals surface area (Å²) in [6, 6.07) is 14.1. The third kappa shape index (κ3) is 5.74. The summed E-state index contributed by atoms with van der Waals surface area (Å²) in [5.74, 6) is 0.585. The van der Waals surface area contributed by atoms with E-state index in [1.165, 1.54) is 5.56 Å². The maximum absolute atomic E-state index is 12.0. The Balaban J connectivity index is 1.72. The Hall–Kier alpha value is -2.36. The number of pyridine rings is 1. The lowest BCUT2D eigenvalue weighted by Gasteiger charge is -2.14. The number of carbonyl (C=O) groups excluding carboxylic acids is 1. The predicted molar refractivity (Wildman–Crippen MR) is 94.7 cm³/mol. The van der Waals surface area contributed by atoms with Crippen molar-refractivity contribution in [1.29, 1.82) is 0 Å². The van der Waals surface area contributed by atoms with Gasteiger partial charge in [0, 0.05) is 11.7 Å². The number of hydrogen-bond acceptors (Lipinski definition) is 2. The smallest absolute Gasteiger partial charge is 0.320 e. The van der Waals surface area contributed by atoms with Crippen LogP contribution in [0.2, 0.25) is 0 Å². The summed E-state index contributed by atoms with van der Waals surface area (Å²) in [6.07, 6.45) is 3.03. The molecule has 0 aliphatic heterocycles. The first-order valence-electron chi connectivity index (χ1n) is 8.10. The Morgan fingerprint density at radius 3 is 2.57 bits per heavy atom. The van der Waals surface area contributed by atoms with Crippen LogP contribution in [0.3, 0.4) is 0 Å². The van der Waals surface area contributed by atoms with Gasteiger partial charge in [0.05, 0.1) is 0 Å². The fourth-order valence-corrected chi connectivity index (χ4v) is 2.41. The van der Waals surface area contributed by atoms with Crippen LogP contribution < -0.4 is 10.6 Å². The standard InChI is InChI=1S/C19H25N3O/c1-14-12-13-18(21-16(14)3)22-19(23)20-15(2)8-7-11-17-9-5-4-6-10-17/h4-6,9-10,12-13,15H,7-8,11H2,1-3H3,(H2,20,21,22,23)/t15-/m1/s1. The molecule has 4 nitrogen and oxygen atoms in total. The lowest BCUT2D eigenvalue weighted by Crippen LogP contribution is -2.36. The molecule has 0 unspecified atom stereocenters. The van der Waals surface area contributed by atoms with E-state index in [4.69, 9.17) is 0 Å². The summed E-state index contributed by atoms with van der Waals surface area (Å²) in [5.41, 5.74) is 3.38. The largest absolute Gasteiger partial charge is 0.335 e. The lowest BCUT2D eigenvalue weighted by molar-refractivity contribution is 0.248. The Bertz CT molecular complexity index is 640. The molecule has 0 aliphatic rings. The summed E-state index contributed by atoms with van der Waals surface area (Å²) < 4.78 is 0. The fraction of sp³-hybridized carbons (Fsp3) is 0.368. The highest BCUT2D eigenvalue weighted by Gasteiger charge is 2.08. The third-order valence-electron chi connectivity index (χ3n) is 3.91. The minimum Gasteiger partial charge on any atom is -0.335 e. The molecule has 2 aromatic rings. The Labute approximate surface area is 138 Å². The number of hydrogen-bond donors (Lipinski definition) is 2. The van der Waals surface area contributed by atoms with E-state index in [9.17, 15) is 4.79 Å². The van der Waals surface area contributed by atoms with Gasteiger partial charge in [0.15, 0.2) is 0 Å². The van der Waals surface area contributed by atoms with Crippen molar-refractivity contribution in [3.8, 4) is 0 Å². The van der Waals surface area contributed by atoms with Crippen LogP contribution in [0.25, 0.3) is 0 Å². The van der Waals surface area contributed by atoms with Gasteiger partial charge in [0.25, 0.3) is 0 Å². The maximum Gasteiger partial charge on any atom is 0.320 e. The second kappa shape index (κ2) is 8.32. The number of nitrogens with zero attached hydrogens (tertiary/aromatic N) is 1. The van der Waals surface area contributed by atoms with E-state index in [2.05, 4.69) is 39.9 Å². The van der Waals surface area contributed by atoms with E-state index in [-0.39, 0.29) is 12.1 Å². The van der Waals surface area contributed by atoms with E-state index >= 15 is 0 Å². The van der Waals surface area contributed by atoms with Gasteiger partial charge in [0.2, 0.25) is 0 Å². The van der Waals surface area contributed by atoms with E-state index in [1.54, 1.807) is 0 Å². The van der Waals surface area contributed by atoms with Crippen molar-refractivity contribution in [3.63, 3.8) is 0 Å². The normalized spacial score (nSPS) is 11.8. The molecule has 2 N–H and O–H groups in total. The maximum atomic E-state index is 12.0. The summed E-state index contributed by atoms with van der Waals surface area (Å²) >= 11 is 0. The molecule has 0 bridgehead atoms. The fourth-order valence-electron chi connectivity index (χ4n) is 2.41. The van der Waals surface area contributed by atoms with Crippen molar-refractivity contribution in [2.24, 2.45) is 0 Å². The Morgan fingerprint density at radius 2 is 1.87 bits per heavy atom. The minimum atomic E-state index is -0.201. The SMILES string of the molecule is Cc1ccc(NC(=O)N[C@H](C)CCCc2ccccc2)nc1C. The minimum absolute atomic E-state index is 0.130. The number of benzene rings is 1. The molecule has 23 heavy (non-hydrogen) atoms. The Kier molecular flexibility index (Phi) is 6.15. The first kappa shape index (κ1) is 17.0. The van der Waals surface area contributed by atoms with E-state index < -0.39 is 0 Å². The molecular formula is C19H25N3O. The third-order valence-corrected chi connectivity index (χ3v) is 3.91. The van der Waals surface area contributed by atoms with Gasteiger partial charge in [-0.3, -0.25) is 5.32 Å². The molecule has 0 saturated carbocycles. The molecule has 0 saturated heterocycles. The van der Waals surface area contributed by atoms with Crippen LogP contribution in [-0.2, 0) is 6.42 Å². The molecule has 2 rings (SSSR count). The summed E-state index contributed by atoms with van der Waals surface area (Å²) in [4.78, 5) is 16.3. The Morgan fingerprint density at radius 1 is 1.13 bits per heavy atom. The molecule has 2 amide bonds. The lowest BCUT2D eigenvalue weighted by atomic mass is 10.1. The van der Waals surface area contributed by atoms with Crippen molar-refractivity contribution in [3.05, 3.63) is 59.3 Å². The van der Waals surface area contributed by atoms with Crippen LogP contribution in [0.1, 0.15) is 36.6 Å². The number of amides is 2. The molecule has 0 aliphatic carbocycles. The van der Waals surface area contributed by atoms with Gasteiger partial charge in [0.1, 0.15) is 5.82 Å². The molecule has 1 atom stereocenters. The monoisotopic (exact) mass is 311 g/mol. The van der Waals surface area contributed by atoms with Gasteiger partial charge in [-0.1, -0.05) is 36.4 Å². The van der Waals surface area contributed by atoms with Crippen LogP contribution in [0.5, 0.6) is 0 Å². The molecule has 1 aromatic heterocycles. The quantitative estimate of drug-likeness (QED) is 0.838. The van der Waals surface area contributed by atoms with Crippen molar-refractivity contribution in [1.82, 2.24) is 10.3 Å². The van der Waals surface area contributed by atoms with Gasteiger partial charge in [-0.15, -0.1) is 0 Å². The topological polar surface area (TPSA) is 54.0 Å². The second-order valence-electron chi connectivity index (χ2n) is 5.98. The zero-order chi connectivity index (χ0) is 16.7. The molecule has 1 aromatic carbocycles. The van der Waals surface area contributed by atoms with Crippen LogP contribution in [0, 0.1) is 13.8 Å². The molecule has 0 spiro atoms. The van der Waals surface area contributed by atoms with Crippen LogP contribution in [0.4, 0.5) is 10.6 Å². The number of carbonyl (C=O) groups is 1. The van der Waals surface area contributed by atoms with Gasteiger partial charge < -0.3 is 5.32 Å². The summed E-state index contributed by atoms with van der Waals surface area (Å²) in [5, 5.41) is 5.75. The first-order valence-corrected chi connectivity index (χ1v) is 8.10. The average molecular weight is 311 g/mol. The highest BCUT2D eigenvalue weighted by molar-refractivity contribution is 5.88. The highest BCUT2D eigenvalue weighted by Crippen LogP contribution is 2.10. The van der Waals surface area contributed by atoms with E-state index in [0.29, 0.717) is 5.82 Å². The number of aryl methyl sites for hydroxylation is 3. The van der Waals surface area contributed by atoms with Crippen molar-refractivity contribution in [2.75, 3.05) is 5.32 Å². The molecule has 1 heterocycles. The molecular weight excluding hydrogens is 286 g/mol. The van der Waals surface area contributed by atoms with E-state index in [1.807, 2.05) is 39.0 Å². The average Bonchev–Trinajstić information content (AvgIpc) is 2.52. The highest BCUT2D eigenvalue weighted by atomic mass is 16.2. The number of anilines is 1. The number of rotatable bonds is 6. The molecule has 0 radical (unpaired) electrons. The van der Waals surface area contributed by atoms with Gasteiger partial charge in [-0.25, -0.2) is 9.78 Å². The number of aromatic nitrogens is 1. The number of urea groups is 1. The predicted octanol–water partition coefficient (Wildman–Crippen LogP) is 4.23. The van der Waals surface area contributed by atoms with Gasteiger partial charge in [-0.2, -0.15) is 0 Å². The second-order valence-corrected chi connectivity index (χ2v) is 5.98. The van der Waals surface area contributed by atoms with Crippen LogP contribution >= 0.6 is 0 Å². The van der Waals surface area contributed by atoms with Crippen LogP contribution in [0.15, 0.2) is 42.5 Å². The van der Waals surface area contributed by atoms with Crippen molar-refractivity contribution in [2.45, 2.75) is 46.1 Å². The van der Waals surface area contributed by atoms with Crippen LogP contribution in [-0.4, -0.2) is 17.1 Å². The summed E-state index contributed by atoms with van der Waals surface area (Å²) in [6.45, 7) is 5.96. The molecule has 4 heteroatoms. The number of nitrogens with one attached hydrogen (secondary N) is 2. The summed E-state index contributed by atoms with van der Waals surface area (Å²) in [7, 11) is 0. The first-order chi connectivity index (χ1) is 11.0. The zero-order valence-electron chi connectivity index (χ0n) is 14.1. The van der Waals surface area contributed by atoms with Gasteiger partial charge in [-0.05, 0) is 57.2 Å². The molecule has 122 valence electrons. The zero-order valence-corrected chi connectivity index (χ0v) is 14.1. The van der Waals surface area contributed by atoms with Gasteiger partial charge >= 0.3 is 6.03 Å². The van der Waals surface area contributed by atoms with Crippen molar-refractivity contribution >= 4 is 11.8 Å². The molecule has 0 fully saturated rings. The van der Waals surface area contributed by atoms with Crippen molar-refractivity contribution < 1.29 is 4.79 Å².